The van der Waals surface area contributed by atoms with Crippen LogP contribution in [-0.4, -0.2) is 8.76 Å². The van der Waals surface area contributed by atoms with Crippen molar-refractivity contribution in [3.63, 3.8) is 0 Å². The minimum Gasteiger partial charge on any atom is -0.750 e. The summed E-state index contributed by atoms with van der Waals surface area (Å²) in [5.74, 6) is 0. The van der Waals surface area contributed by atoms with Gasteiger partial charge in [0.25, 0.3) is 0 Å². The molecule has 0 aliphatic rings. The van der Waals surface area contributed by atoms with Crippen LogP contribution in [0.2, 0.25) is 0 Å². The molecule has 0 bridgehead atoms. The molecular weight excluding hydrogens is 178 g/mol. The highest BCUT2D eigenvalue weighted by atomic mass is 32.2. The first-order chi connectivity index (χ1) is 5.68. The largest absolute Gasteiger partial charge is 0.750 e. The normalized spacial score (nSPS) is 12.8. The Bertz CT molecular complexity index is 290. The summed E-state index contributed by atoms with van der Waals surface area (Å²) in [5.41, 5.74) is 6.78. The minimum absolute atomic E-state index is 0.0289. The summed E-state index contributed by atoms with van der Waals surface area (Å²) < 4.78 is 24.4. The highest BCUT2D eigenvalue weighted by Gasteiger charge is 1.92. The van der Waals surface area contributed by atoms with E-state index in [1.165, 1.54) is 0 Å². The van der Waals surface area contributed by atoms with Crippen molar-refractivity contribution in [2.24, 2.45) is 0 Å². The summed E-state index contributed by atoms with van der Waals surface area (Å²) in [4.78, 5) is 0. The van der Waals surface area contributed by atoms with E-state index in [1.54, 1.807) is 24.3 Å². The second-order valence-electron chi connectivity index (χ2n) is 2.21. The van der Waals surface area contributed by atoms with Crippen molar-refractivity contribution in [3.8, 4) is 0 Å². The van der Waals surface area contributed by atoms with Gasteiger partial charge < -0.3 is 10.3 Å². The van der Waals surface area contributed by atoms with Gasteiger partial charge in [-0.15, -0.1) is 0 Å². The molecule has 2 N–H and O–H groups in total. The molecule has 0 saturated carbocycles. The Balaban J connectivity index is 2.57. The quantitative estimate of drug-likeness (QED) is 0.553. The molecule has 0 aliphatic carbocycles. The number of hydrogen-bond donors (Lipinski definition) is 1. The summed E-state index contributed by atoms with van der Waals surface area (Å²) in [6.45, 7) is 0.0289. The Labute approximate surface area is 72.8 Å². The van der Waals surface area contributed by atoms with Crippen molar-refractivity contribution >= 4 is 17.0 Å². The third-order valence-corrected chi connectivity index (χ3v) is 1.58. The van der Waals surface area contributed by atoms with E-state index in [1.807, 2.05) is 0 Å². The van der Waals surface area contributed by atoms with Crippen LogP contribution >= 0.6 is 0 Å². The maximum atomic E-state index is 10.0. The second-order valence-corrected chi connectivity index (χ2v) is 2.86. The molecule has 1 aromatic rings. The molecular formula is C7H8NO3S-. The lowest BCUT2D eigenvalue weighted by atomic mass is 10.2. The van der Waals surface area contributed by atoms with Gasteiger partial charge in [0.15, 0.2) is 0 Å². The number of nitrogens with two attached hydrogens (primary N) is 1. The van der Waals surface area contributed by atoms with E-state index in [0.717, 1.165) is 5.56 Å². The molecule has 5 heteroatoms. The zero-order chi connectivity index (χ0) is 8.97. The summed E-state index contributed by atoms with van der Waals surface area (Å²) in [7, 11) is 0. The molecule has 0 heterocycles. The summed E-state index contributed by atoms with van der Waals surface area (Å²) in [6.07, 6.45) is 0. The lowest BCUT2D eigenvalue weighted by Crippen LogP contribution is -1.96. The molecule has 1 atom stereocenters. The highest BCUT2D eigenvalue weighted by Crippen LogP contribution is 2.07. The Morgan fingerprint density at radius 1 is 1.58 bits per heavy atom. The van der Waals surface area contributed by atoms with E-state index in [2.05, 4.69) is 4.18 Å². The topological polar surface area (TPSA) is 75.4 Å². The van der Waals surface area contributed by atoms with Crippen LogP contribution in [0.4, 0.5) is 5.69 Å². The Morgan fingerprint density at radius 3 is 2.92 bits per heavy atom. The molecule has 66 valence electrons. The number of anilines is 1. The standard InChI is InChI=1S/C7H9NO3S/c8-7-3-1-2-6(4-7)5-11-12(9)10/h1-4H,5,8H2,(H,9,10)/p-1. The molecule has 0 aromatic heterocycles. The van der Waals surface area contributed by atoms with Crippen molar-refractivity contribution < 1.29 is 12.9 Å². The monoisotopic (exact) mass is 186 g/mol. The van der Waals surface area contributed by atoms with Gasteiger partial charge in [-0.1, -0.05) is 12.1 Å². The first kappa shape index (κ1) is 9.18. The third kappa shape index (κ3) is 3.00. The lowest BCUT2D eigenvalue weighted by Gasteiger charge is -2.05. The average molecular weight is 186 g/mol. The molecule has 0 aliphatic heterocycles. The van der Waals surface area contributed by atoms with Gasteiger partial charge in [0, 0.05) is 5.69 Å². The van der Waals surface area contributed by atoms with Gasteiger partial charge in [-0.25, -0.2) is 4.21 Å². The van der Waals surface area contributed by atoms with Crippen LogP contribution in [-0.2, 0) is 22.2 Å². The summed E-state index contributed by atoms with van der Waals surface area (Å²) in [6, 6.07) is 6.86. The maximum Gasteiger partial charge on any atom is 0.0880 e. The van der Waals surface area contributed by atoms with Crippen molar-refractivity contribution in [2.45, 2.75) is 6.61 Å². The molecule has 0 spiro atoms. The van der Waals surface area contributed by atoms with E-state index < -0.39 is 11.4 Å². The van der Waals surface area contributed by atoms with Crippen molar-refractivity contribution in [1.29, 1.82) is 0 Å². The molecule has 0 fully saturated rings. The fourth-order valence-corrected chi connectivity index (χ4v) is 1.03. The van der Waals surface area contributed by atoms with Crippen LogP contribution in [0.25, 0.3) is 0 Å². The van der Waals surface area contributed by atoms with E-state index in [-0.39, 0.29) is 6.61 Å². The van der Waals surface area contributed by atoms with E-state index in [0.29, 0.717) is 5.69 Å². The van der Waals surface area contributed by atoms with Crippen molar-refractivity contribution in [1.82, 2.24) is 0 Å². The molecule has 0 amide bonds. The van der Waals surface area contributed by atoms with Crippen LogP contribution in [0.15, 0.2) is 24.3 Å². The summed E-state index contributed by atoms with van der Waals surface area (Å²) in [5, 5.41) is 0. The fourth-order valence-electron chi connectivity index (χ4n) is 0.799. The molecule has 1 unspecified atom stereocenters. The van der Waals surface area contributed by atoms with Gasteiger partial charge in [0.2, 0.25) is 0 Å². The van der Waals surface area contributed by atoms with Crippen molar-refractivity contribution in [3.05, 3.63) is 29.8 Å². The highest BCUT2D eigenvalue weighted by molar-refractivity contribution is 7.74. The fraction of sp³-hybridized carbons (Fsp3) is 0.143. The zero-order valence-electron chi connectivity index (χ0n) is 6.23. The van der Waals surface area contributed by atoms with Crippen LogP contribution < -0.4 is 5.73 Å². The van der Waals surface area contributed by atoms with Crippen LogP contribution in [0.3, 0.4) is 0 Å². The molecule has 1 rings (SSSR count). The smallest absolute Gasteiger partial charge is 0.0880 e. The molecule has 0 radical (unpaired) electrons. The number of rotatable bonds is 3. The van der Waals surface area contributed by atoms with Crippen molar-refractivity contribution in [2.75, 3.05) is 5.73 Å². The lowest BCUT2D eigenvalue weighted by molar-refractivity contribution is 0.291. The summed E-state index contributed by atoms with van der Waals surface area (Å²) >= 11 is -2.46. The number of nitrogen functional groups attached to an aromatic ring is 1. The second kappa shape index (κ2) is 4.20. The molecule has 0 saturated heterocycles. The van der Waals surface area contributed by atoms with Gasteiger partial charge >= 0.3 is 0 Å². The van der Waals surface area contributed by atoms with Crippen LogP contribution in [0.1, 0.15) is 5.56 Å². The van der Waals surface area contributed by atoms with E-state index >= 15 is 0 Å². The average Bonchev–Trinajstić information content (AvgIpc) is 2.01. The Kier molecular flexibility index (Phi) is 3.21. The van der Waals surface area contributed by atoms with Crippen LogP contribution in [0, 0.1) is 0 Å². The predicted molar refractivity (Wildman–Crippen MR) is 44.6 cm³/mol. The Morgan fingerprint density at radius 2 is 2.33 bits per heavy atom. The van der Waals surface area contributed by atoms with Gasteiger partial charge in [0.05, 0.1) is 18.0 Å². The van der Waals surface area contributed by atoms with E-state index in [9.17, 15) is 8.76 Å². The molecule has 4 nitrogen and oxygen atoms in total. The molecule has 1 aromatic carbocycles. The van der Waals surface area contributed by atoms with Gasteiger partial charge in [-0.3, -0.25) is 4.18 Å². The maximum absolute atomic E-state index is 10.0. The first-order valence-electron chi connectivity index (χ1n) is 3.25. The van der Waals surface area contributed by atoms with Gasteiger partial charge in [-0.05, 0) is 17.7 Å². The van der Waals surface area contributed by atoms with Gasteiger partial charge in [0.1, 0.15) is 0 Å². The Hall–Kier alpha value is -0.910. The predicted octanol–water partition coefficient (Wildman–Crippen LogP) is 0.580. The van der Waals surface area contributed by atoms with Gasteiger partial charge in [-0.2, -0.15) is 0 Å². The number of hydrogen-bond acceptors (Lipinski definition) is 4. The first-order valence-corrected chi connectivity index (χ1v) is 4.25. The number of benzene rings is 1. The third-order valence-electron chi connectivity index (χ3n) is 1.27. The zero-order valence-corrected chi connectivity index (χ0v) is 7.04. The molecule has 12 heavy (non-hydrogen) atoms. The van der Waals surface area contributed by atoms with Crippen LogP contribution in [0.5, 0.6) is 0 Å². The van der Waals surface area contributed by atoms with E-state index in [4.69, 9.17) is 5.73 Å². The SMILES string of the molecule is Nc1cccc(COS(=O)[O-])c1. The minimum atomic E-state index is -2.46.